The van der Waals surface area contributed by atoms with Crippen LogP contribution in [0.25, 0.3) is 6.08 Å². The molecule has 0 aliphatic carbocycles. The molecule has 7 nitrogen and oxygen atoms in total. The number of likely N-dealkylation sites (N-methyl/N-ethyl adjacent to an activating group) is 2. The fourth-order valence-electron chi connectivity index (χ4n) is 4.33. The summed E-state index contributed by atoms with van der Waals surface area (Å²) in [6.07, 6.45) is 2.55. The van der Waals surface area contributed by atoms with Crippen LogP contribution >= 0.6 is 11.6 Å². The highest BCUT2D eigenvalue weighted by molar-refractivity contribution is 6.31. The number of hydrogen-bond acceptors (Lipinski definition) is 6. The first-order valence-corrected chi connectivity index (χ1v) is 11.5. The average Bonchev–Trinajstić information content (AvgIpc) is 2.84. The van der Waals surface area contributed by atoms with Crippen LogP contribution < -0.4 is 15.1 Å². The molecule has 1 amide bonds. The molecular weight excluding hydrogens is 450 g/mol. The number of carbonyl (C=O) groups excluding carboxylic acids is 1. The lowest BCUT2D eigenvalue weighted by Gasteiger charge is -2.35. The molecule has 0 radical (unpaired) electrons. The number of aromatic nitrogens is 2. The van der Waals surface area contributed by atoms with E-state index < -0.39 is 25.9 Å². The summed E-state index contributed by atoms with van der Waals surface area (Å²) in [5.74, 6) is -0.200. The van der Waals surface area contributed by atoms with E-state index in [1.165, 1.54) is 0 Å². The fourth-order valence-corrected chi connectivity index (χ4v) is 4.48. The zero-order chi connectivity index (χ0) is 28.7. The highest BCUT2D eigenvalue weighted by Gasteiger charge is 2.25. The predicted octanol–water partition coefficient (Wildman–Crippen LogP) is 4.27. The second kappa shape index (κ2) is 10.1. The molecule has 0 unspecified atom stereocenters. The first-order valence-electron chi connectivity index (χ1n) is 13.6. The third-order valence-electron chi connectivity index (χ3n) is 5.94. The normalized spacial score (nSPS) is 24.1. The first-order chi connectivity index (χ1) is 18.2. The number of benzene rings is 1. The Kier molecular flexibility index (Phi) is 5.41. The molecule has 2 atom stereocenters. The summed E-state index contributed by atoms with van der Waals surface area (Å²) >= 11 is 6.48. The highest BCUT2D eigenvalue weighted by Crippen LogP contribution is 2.35. The quantitative estimate of drug-likeness (QED) is 0.657. The second-order valence-electron chi connectivity index (χ2n) is 8.76. The Hall–Kier alpha value is -3.06. The number of piperidine rings is 1. The minimum atomic E-state index is -2.59. The van der Waals surface area contributed by atoms with Gasteiger partial charge < -0.3 is 19.9 Å². The number of nitrogens with one attached hydrogen (secondary N) is 1. The fraction of sp³-hybridized carbons (Fsp3) is 0.423. The minimum absolute atomic E-state index is 0.167. The summed E-state index contributed by atoms with van der Waals surface area (Å²) in [5, 5.41) is 2.34. The number of rotatable bonds is 6. The van der Waals surface area contributed by atoms with E-state index in [1.54, 1.807) is 12.3 Å². The molecule has 8 heteroatoms. The topological polar surface area (TPSA) is 70.6 Å². The van der Waals surface area contributed by atoms with E-state index in [0.29, 0.717) is 47.6 Å². The highest BCUT2D eigenvalue weighted by atomic mass is 35.5. The molecule has 3 heterocycles. The Balaban J connectivity index is 1.54. The van der Waals surface area contributed by atoms with Crippen molar-refractivity contribution in [3.05, 3.63) is 64.3 Å². The van der Waals surface area contributed by atoms with E-state index in [9.17, 15) is 4.79 Å². The third-order valence-corrected chi connectivity index (χ3v) is 6.26. The van der Waals surface area contributed by atoms with Gasteiger partial charge in [0, 0.05) is 51.6 Å². The van der Waals surface area contributed by atoms with Gasteiger partial charge in [0.1, 0.15) is 5.76 Å². The van der Waals surface area contributed by atoms with Gasteiger partial charge >= 0.3 is 0 Å². The van der Waals surface area contributed by atoms with Gasteiger partial charge in [-0.2, -0.15) is 0 Å². The summed E-state index contributed by atoms with van der Waals surface area (Å²) in [4.78, 5) is 24.9. The summed E-state index contributed by atoms with van der Waals surface area (Å²) < 4.78 is 43.7. The van der Waals surface area contributed by atoms with Crippen molar-refractivity contribution < 1.29 is 16.4 Å². The van der Waals surface area contributed by atoms with Crippen LogP contribution in [0, 0.1) is 11.8 Å². The Morgan fingerprint density at radius 1 is 1.38 bits per heavy atom. The average molecular weight is 487 g/mol. The van der Waals surface area contributed by atoms with Crippen LogP contribution in [0.4, 0.5) is 11.6 Å². The van der Waals surface area contributed by atoms with Gasteiger partial charge in [-0.15, -0.1) is 0 Å². The van der Waals surface area contributed by atoms with Crippen LogP contribution in [0.2, 0.25) is 5.02 Å². The first kappa shape index (κ1) is 18.3. The Morgan fingerprint density at radius 3 is 2.88 bits per heavy atom. The van der Waals surface area contributed by atoms with Crippen molar-refractivity contribution in [2.24, 2.45) is 11.8 Å². The van der Waals surface area contributed by atoms with Crippen molar-refractivity contribution >= 4 is 35.2 Å². The Labute approximate surface area is 213 Å². The lowest BCUT2D eigenvalue weighted by Crippen LogP contribution is -2.39. The van der Waals surface area contributed by atoms with E-state index in [4.69, 9.17) is 28.2 Å². The monoisotopic (exact) mass is 486 g/mol. The largest absolute Gasteiger partial charge is 0.482 e. The van der Waals surface area contributed by atoms with E-state index in [1.807, 2.05) is 54.2 Å². The number of ether oxygens (including phenoxy) is 1. The molecule has 2 aliphatic heterocycles. The van der Waals surface area contributed by atoms with Crippen LogP contribution in [0.15, 0.2) is 42.4 Å². The molecule has 4 rings (SSSR count). The van der Waals surface area contributed by atoms with Crippen molar-refractivity contribution in [3.8, 4) is 0 Å². The maximum atomic E-state index is 11.9. The summed E-state index contributed by atoms with van der Waals surface area (Å²) in [6, 6.07) is 5.90. The summed E-state index contributed by atoms with van der Waals surface area (Å²) in [6.45, 7) is 5.84. The summed E-state index contributed by atoms with van der Waals surface area (Å²) in [7, 11) is 1.83. The second-order valence-corrected chi connectivity index (χ2v) is 9.17. The maximum Gasteiger partial charge on any atom is 0.257 e. The molecule has 2 aromatic rings. The lowest BCUT2D eigenvalue weighted by molar-refractivity contribution is -0.123. The summed E-state index contributed by atoms with van der Waals surface area (Å²) in [5.41, 5.74) is 3.86. The SMILES string of the molecule is [2H]C([2H])([2H])NC(=O)COC1=Cc2cc(Cc3nc(N4C[C@@H](C)C([2H])([2H])[C@@H](C)C4)ncc3Cl)ccc2N(C)C1=C. The van der Waals surface area contributed by atoms with Crippen LogP contribution in [0.3, 0.4) is 0 Å². The number of carbonyl (C=O) groups is 1. The molecule has 0 spiro atoms. The standard InChI is InChI=1S/C26H32ClN5O2/c1-16-8-17(2)14-32(13-16)26-29-12-21(27)22(30-26)10-19-6-7-23-20(9-19)11-24(18(3)31(23)5)34-15-25(33)28-4/h6-7,9,11-12,16-17H,3,8,10,13-15H2,1-2,4-5H3,(H,28,33)/t16-,17+/i4D3,8D2. The molecule has 1 saturated heterocycles. The number of halogens is 1. The molecule has 34 heavy (non-hydrogen) atoms. The van der Waals surface area contributed by atoms with Crippen molar-refractivity contribution in [2.45, 2.75) is 26.6 Å². The van der Waals surface area contributed by atoms with Crippen molar-refractivity contribution in [3.63, 3.8) is 0 Å². The number of anilines is 2. The lowest BCUT2D eigenvalue weighted by atomic mass is 9.92. The van der Waals surface area contributed by atoms with Gasteiger partial charge in [-0.25, -0.2) is 9.97 Å². The van der Waals surface area contributed by atoms with Gasteiger partial charge in [0.2, 0.25) is 5.95 Å². The zero-order valence-electron chi connectivity index (χ0n) is 24.6. The van der Waals surface area contributed by atoms with E-state index in [2.05, 4.69) is 11.6 Å². The smallest absolute Gasteiger partial charge is 0.257 e. The van der Waals surface area contributed by atoms with Crippen LogP contribution in [0.5, 0.6) is 0 Å². The number of nitrogens with zero attached hydrogens (tertiary/aromatic N) is 4. The van der Waals surface area contributed by atoms with Crippen molar-refractivity contribution in [1.29, 1.82) is 0 Å². The molecule has 2 aliphatic rings. The van der Waals surface area contributed by atoms with E-state index >= 15 is 0 Å². The van der Waals surface area contributed by atoms with Gasteiger partial charge in [0.25, 0.3) is 5.91 Å². The number of fused-ring (bicyclic) bond motifs is 1. The van der Waals surface area contributed by atoms with Gasteiger partial charge in [0.05, 0.1) is 22.6 Å². The predicted molar refractivity (Wildman–Crippen MR) is 137 cm³/mol. The van der Waals surface area contributed by atoms with E-state index in [0.717, 1.165) is 16.8 Å². The van der Waals surface area contributed by atoms with Crippen molar-refractivity contribution in [2.75, 3.05) is 43.5 Å². The third kappa shape index (κ3) is 5.20. The Morgan fingerprint density at radius 2 is 2.15 bits per heavy atom. The van der Waals surface area contributed by atoms with Gasteiger partial charge in [-0.3, -0.25) is 4.79 Å². The molecule has 180 valence electrons. The molecule has 1 N–H and O–H groups in total. The zero-order valence-corrected chi connectivity index (χ0v) is 20.3. The number of amides is 1. The van der Waals surface area contributed by atoms with E-state index in [-0.39, 0.29) is 11.8 Å². The van der Waals surface area contributed by atoms with Crippen LogP contribution in [-0.2, 0) is 16.0 Å². The molecular formula is C26H32ClN5O2. The molecule has 1 fully saturated rings. The van der Waals surface area contributed by atoms with Crippen LogP contribution in [0.1, 0.15) is 43.9 Å². The van der Waals surface area contributed by atoms with Gasteiger partial charge in [-0.05, 0) is 42.0 Å². The Bertz CT molecular complexity index is 1300. The molecule has 1 aromatic heterocycles. The van der Waals surface area contributed by atoms with Crippen molar-refractivity contribution in [1.82, 2.24) is 15.3 Å². The minimum Gasteiger partial charge on any atom is -0.482 e. The molecule has 1 aromatic carbocycles. The molecule has 0 saturated carbocycles. The van der Waals surface area contributed by atoms with Gasteiger partial charge in [0.15, 0.2) is 6.61 Å². The molecule has 0 bridgehead atoms. The van der Waals surface area contributed by atoms with Crippen LogP contribution in [-0.4, -0.2) is 49.6 Å². The number of hydrogen-bond donors (Lipinski definition) is 1. The van der Waals surface area contributed by atoms with Gasteiger partial charge in [-0.1, -0.05) is 38.1 Å². The maximum absolute atomic E-state index is 11.9.